The van der Waals surface area contributed by atoms with Crippen molar-refractivity contribution in [3.63, 3.8) is 0 Å². The number of hydrogen-bond donors (Lipinski definition) is 6. The SMILES string of the molecule is C(#Cc1ccc2nc(C3CC4(CC4)CN3)[nH]c2c1)c1ccc(-c2cnc([C@@H]3CC4(CC4)CN3)[nH]2)cc1.CC(C)(C)OC(=O)N1CC2(CC2)CC1c1nc2ccc(C#Cc3ccc(-c4cnc([C@@H]5CC6(CC6)CN5C(=O)OC(C)(C)C)[nH]4)cc3)cc2[nH]1.S.S.S.S. The van der Waals surface area contributed by atoms with E-state index in [-0.39, 0.29) is 89.1 Å². The lowest BCUT2D eigenvalue weighted by atomic mass is 10.0. The van der Waals surface area contributed by atoms with Crippen molar-refractivity contribution >= 4 is 88.2 Å². The van der Waals surface area contributed by atoms with Gasteiger partial charge in [0.2, 0.25) is 0 Å². The van der Waals surface area contributed by atoms with Crippen LogP contribution in [-0.2, 0) is 9.47 Å². The van der Waals surface area contributed by atoms with Gasteiger partial charge in [0.05, 0.1) is 70.0 Å². The highest BCUT2D eigenvalue weighted by molar-refractivity contribution is 7.59. The van der Waals surface area contributed by atoms with Crippen LogP contribution >= 0.6 is 54.0 Å². The first-order valence-corrected chi connectivity index (χ1v) is 31.1. The molecule has 8 aliphatic rings. The molecule has 4 aromatic carbocycles. The Morgan fingerprint density at radius 3 is 1.28 bits per heavy atom. The van der Waals surface area contributed by atoms with Gasteiger partial charge in [-0.05, 0) is 212 Å². The molecule has 16 rings (SSSR count). The first kappa shape index (κ1) is 64.7. The largest absolute Gasteiger partial charge is 0.444 e. The standard InChI is InChI=1S/C40H46N6O4.C30H30N6.4H2S/c1-37(2,3)49-35(47)45-23-39(15-16-39)20-31(45)33-41-22-30(44-33)27-12-9-25(10-13-27)7-8-26-11-14-28-29(19-26)43-34(42-28)32-21-40(17-18-40)24-46(32)36(48)50-38(4,5)6;1(2-20-5-8-22-23(13-20)35-28(34-22)25-15-30(11-12-30)18-33-25)19-3-6-21(7-4-19)26-16-31-27(36-26)24-14-29(9-10-29)17-32-24;;;;/h9-14,19,22,31-32H,15-18,20-21,23-24H2,1-6H3,(H,41,44)(H,42,43);3-8,13,16,24-25,32-33H,9-12,14-15,17-18H2,(H,31,36)(H,34,35);4*1H2/t31-,32?;24-,25?;;;;/m00..../s1. The van der Waals surface area contributed by atoms with Gasteiger partial charge in [-0.25, -0.2) is 29.5 Å². The number of aromatic nitrogens is 8. The highest BCUT2D eigenvalue weighted by Gasteiger charge is 2.57. The van der Waals surface area contributed by atoms with Crippen LogP contribution < -0.4 is 10.6 Å². The minimum Gasteiger partial charge on any atom is -0.444 e. The van der Waals surface area contributed by atoms with Gasteiger partial charge in [0.15, 0.2) is 0 Å². The molecule has 16 nitrogen and oxygen atoms in total. The lowest BCUT2D eigenvalue weighted by molar-refractivity contribution is 0.0202. The maximum Gasteiger partial charge on any atom is 0.410 e. The van der Waals surface area contributed by atoms with Crippen molar-refractivity contribution < 1.29 is 19.1 Å². The number of nitrogens with one attached hydrogen (secondary N) is 6. The topological polar surface area (TPSA) is 198 Å². The van der Waals surface area contributed by atoms with Crippen LogP contribution in [0.4, 0.5) is 9.59 Å². The van der Waals surface area contributed by atoms with Gasteiger partial charge in [-0.2, -0.15) is 54.0 Å². The number of hydrogen-bond acceptors (Lipinski definition) is 10. The Morgan fingerprint density at radius 1 is 0.467 bits per heavy atom. The van der Waals surface area contributed by atoms with E-state index >= 15 is 0 Å². The summed E-state index contributed by atoms with van der Waals surface area (Å²) in [6, 6.07) is 29.2. The lowest BCUT2D eigenvalue weighted by Gasteiger charge is -2.27. The molecule has 4 aliphatic heterocycles. The Labute approximate surface area is 555 Å². The van der Waals surface area contributed by atoms with Crippen molar-refractivity contribution in [2.24, 2.45) is 21.7 Å². The fourth-order valence-corrected chi connectivity index (χ4v) is 13.6. The third-order valence-electron chi connectivity index (χ3n) is 19.4. The number of likely N-dealkylation sites (tertiary alicyclic amines) is 2. The normalized spacial score (nSPS) is 22.1. The number of benzene rings is 4. The van der Waals surface area contributed by atoms with Gasteiger partial charge >= 0.3 is 12.2 Å². The van der Waals surface area contributed by atoms with Gasteiger partial charge in [-0.1, -0.05) is 47.9 Å². The molecule has 8 fully saturated rings. The minimum absolute atomic E-state index is 0. The first-order valence-electron chi connectivity index (χ1n) is 31.1. The van der Waals surface area contributed by atoms with E-state index in [1.807, 2.05) is 106 Å². The van der Waals surface area contributed by atoms with Crippen molar-refractivity contribution in [2.75, 3.05) is 26.2 Å². The van der Waals surface area contributed by atoms with Crippen LogP contribution in [0.1, 0.15) is 188 Å². The van der Waals surface area contributed by atoms with Crippen LogP contribution in [0.25, 0.3) is 44.6 Å². The quantitative estimate of drug-likeness (QED) is 0.0871. The number of ether oxygens (including phenoxy) is 2. The summed E-state index contributed by atoms with van der Waals surface area (Å²) in [6.45, 7) is 15.1. The zero-order chi connectivity index (χ0) is 58.8. The Morgan fingerprint density at radius 2 is 0.844 bits per heavy atom. The summed E-state index contributed by atoms with van der Waals surface area (Å²) in [5.74, 6) is 17.0. The number of amides is 2. The number of aromatic amines is 4. The predicted molar refractivity (Wildman–Crippen MR) is 372 cm³/mol. The minimum atomic E-state index is -0.549. The van der Waals surface area contributed by atoms with E-state index in [1.165, 1.54) is 38.5 Å². The zero-order valence-electron chi connectivity index (χ0n) is 52.2. The van der Waals surface area contributed by atoms with Gasteiger partial charge in [0.25, 0.3) is 0 Å². The van der Waals surface area contributed by atoms with Crippen molar-refractivity contribution in [1.82, 2.24) is 60.3 Å². The highest BCUT2D eigenvalue weighted by atomic mass is 32.1. The third kappa shape index (κ3) is 13.7. The summed E-state index contributed by atoms with van der Waals surface area (Å²) in [7, 11) is 0. The molecule has 4 saturated heterocycles. The Bertz CT molecular complexity index is 4100. The number of fused-ring (bicyclic) bond motifs is 2. The molecule has 472 valence electrons. The molecule has 2 unspecified atom stereocenters. The molecule has 4 spiro atoms. The van der Waals surface area contributed by atoms with E-state index in [1.54, 1.807) is 0 Å². The molecule has 4 aliphatic carbocycles. The molecule has 4 saturated carbocycles. The molecule has 8 aromatic rings. The van der Waals surface area contributed by atoms with Crippen LogP contribution in [0.2, 0.25) is 0 Å². The maximum absolute atomic E-state index is 13.1. The molecule has 90 heavy (non-hydrogen) atoms. The second kappa shape index (κ2) is 24.4. The second-order valence-electron chi connectivity index (χ2n) is 28.7. The fourth-order valence-electron chi connectivity index (χ4n) is 13.6. The summed E-state index contributed by atoms with van der Waals surface area (Å²) in [6.07, 6.45) is 17.5. The average Bonchev–Trinajstić information content (AvgIpc) is 1.62. The van der Waals surface area contributed by atoms with Gasteiger partial charge in [-0.3, -0.25) is 9.80 Å². The van der Waals surface area contributed by atoms with Crippen LogP contribution in [0, 0.1) is 45.3 Å². The Kier molecular flexibility index (Phi) is 17.5. The van der Waals surface area contributed by atoms with Crippen LogP contribution in [0.3, 0.4) is 0 Å². The zero-order valence-corrected chi connectivity index (χ0v) is 56.2. The Balaban J connectivity index is 0.000000185. The maximum atomic E-state index is 13.1. The Hall–Kier alpha value is -6.78. The molecule has 8 heterocycles. The number of rotatable bonds is 6. The summed E-state index contributed by atoms with van der Waals surface area (Å²) in [5, 5.41) is 7.30. The monoisotopic (exact) mass is 1280 g/mol. The molecular weight excluding hydrogens is 1200 g/mol. The van der Waals surface area contributed by atoms with Crippen LogP contribution in [0.5, 0.6) is 0 Å². The smallest absolute Gasteiger partial charge is 0.410 e. The molecule has 6 N–H and O–H groups in total. The summed E-state index contributed by atoms with van der Waals surface area (Å²) in [4.78, 5) is 63.1. The van der Waals surface area contributed by atoms with Gasteiger partial charge in [0.1, 0.15) is 34.5 Å². The lowest BCUT2D eigenvalue weighted by Crippen LogP contribution is -2.37. The van der Waals surface area contributed by atoms with Crippen molar-refractivity contribution in [1.29, 1.82) is 0 Å². The van der Waals surface area contributed by atoms with E-state index < -0.39 is 11.2 Å². The van der Waals surface area contributed by atoms with Crippen molar-refractivity contribution in [3.05, 3.63) is 143 Å². The molecule has 4 atom stereocenters. The molecule has 20 heteroatoms. The van der Waals surface area contributed by atoms with Crippen molar-refractivity contribution in [2.45, 2.75) is 154 Å². The summed E-state index contributed by atoms with van der Waals surface area (Å²) < 4.78 is 11.5. The molecule has 2 amide bonds. The fraction of sp³-hybridized carbons (Fsp3) is 0.457. The number of imidazole rings is 4. The van der Waals surface area contributed by atoms with Gasteiger partial charge in [0, 0.05) is 48.4 Å². The van der Waals surface area contributed by atoms with Gasteiger partial charge < -0.3 is 40.0 Å². The summed E-state index contributed by atoms with van der Waals surface area (Å²) >= 11 is 0. The molecular formula is C70H84N12O4S4. The molecule has 4 aromatic heterocycles. The van der Waals surface area contributed by atoms with Crippen molar-refractivity contribution in [3.8, 4) is 46.2 Å². The van der Waals surface area contributed by atoms with Gasteiger partial charge in [-0.15, -0.1) is 0 Å². The van der Waals surface area contributed by atoms with E-state index in [9.17, 15) is 9.59 Å². The first-order chi connectivity index (χ1) is 41.3. The molecule has 0 bridgehead atoms. The van der Waals surface area contributed by atoms with Crippen LogP contribution in [-0.4, -0.2) is 99.2 Å². The van der Waals surface area contributed by atoms with E-state index in [4.69, 9.17) is 24.4 Å². The number of nitrogens with zero attached hydrogens (tertiary/aromatic N) is 6. The molecule has 0 radical (unpaired) electrons. The van der Waals surface area contributed by atoms with Crippen LogP contribution in [0.15, 0.2) is 97.3 Å². The highest BCUT2D eigenvalue weighted by Crippen LogP contribution is 2.60. The number of carbonyl (C=O) groups excluding carboxylic acids is 2. The van der Waals surface area contributed by atoms with E-state index in [0.717, 1.165) is 148 Å². The summed E-state index contributed by atoms with van der Waals surface area (Å²) in [5.41, 5.74) is 12.1. The number of H-pyrrole nitrogens is 4. The van der Waals surface area contributed by atoms with E-state index in [2.05, 4.69) is 102 Å². The third-order valence-corrected chi connectivity index (χ3v) is 19.4. The van der Waals surface area contributed by atoms with E-state index in [0.29, 0.717) is 29.5 Å². The number of carbonyl (C=O) groups is 2. The predicted octanol–water partition coefficient (Wildman–Crippen LogP) is 13.7. The second-order valence-corrected chi connectivity index (χ2v) is 28.7. The average molecular weight is 1290 g/mol.